The van der Waals surface area contributed by atoms with Crippen LogP contribution in [0.1, 0.15) is 11.1 Å². The highest BCUT2D eigenvalue weighted by atomic mass is 16.5. The van der Waals surface area contributed by atoms with E-state index in [9.17, 15) is 4.79 Å². The van der Waals surface area contributed by atoms with E-state index in [0.29, 0.717) is 13.1 Å². The molecular weight excluding hydrogens is 230 g/mol. The van der Waals surface area contributed by atoms with Gasteiger partial charge in [-0.05, 0) is 13.0 Å². The summed E-state index contributed by atoms with van der Waals surface area (Å²) < 4.78 is 5.28. The average molecular weight is 249 g/mol. The summed E-state index contributed by atoms with van der Waals surface area (Å²) in [6, 6.07) is 5.88. The van der Waals surface area contributed by atoms with Crippen LogP contribution in [-0.4, -0.2) is 36.2 Å². The summed E-state index contributed by atoms with van der Waals surface area (Å²) in [7, 11) is 1.61. The van der Waals surface area contributed by atoms with Gasteiger partial charge in [-0.15, -0.1) is 6.58 Å². The van der Waals surface area contributed by atoms with Crippen molar-refractivity contribution in [1.29, 1.82) is 0 Å². The lowest BCUT2D eigenvalue weighted by atomic mass is 10.1. The minimum Gasteiger partial charge on any atom is -0.496 e. The van der Waals surface area contributed by atoms with Crippen LogP contribution in [0.25, 0.3) is 0 Å². The molecule has 1 aromatic rings. The minimum atomic E-state index is -0.844. The van der Waals surface area contributed by atoms with Crippen molar-refractivity contribution in [1.82, 2.24) is 4.90 Å². The summed E-state index contributed by atoms with van der Waals surface area (Å²) in [5.74, 6) is -0.0662. The van der Waals surface area contributed by atoms with Gasteiger partial charge in [0.15, 0.2) is 0 Å². The van der Waals surface area contributed by atoms with Gasteiger partial charge in [0, 0.05) is 18.7 Å². The van der Waals surface area contributed by atoms with E-state index in [1.54, 1.807) is 18.1 Å². The molecule has 0 aliphatic rings. The summed E-state index contributed by atoms with van der Waals surface area (Å²) >= 11 is 0. The Bertz CT molecular complexity index is 429. The normalized spacial score (nSPS) is 10.4. The van der Waals surface area contributed by atoms with Gasteiger partial charge in [-0.2, -0.15) is 0 Å². The fourth-order valence-electron chi connectivity index (χ4n) is 1.83. The third kappa shape index (κ3) is 4.22. The quantitative estimate of drug-likeness (QED) is 0.752. The van der Waals surface area contributed by atoms with Crippen molar-refractivity contribution in [3.63, 3.8) is 0 Å². The molecule has 0 aliphatic heterocycles. The van der Waals surface area contributed by atoms with Crippen molar-refractivity contribution in [2.24, 2.45) is 0 Å². The highest BCUT2D eigenvalue weighted by Crippen LogP contribution is 2.21. The first-order valence-corrected chi connectivity index (χ1v) is 5.75. The van der Waals surface area contributed by atoms with Gasteiger partial charge in [0.25, 0.3) is 0 Å². The molecule has 0 fully saturated rings. The van der Waals surface area contributed by atoms with E-state index in [0.717, 1.165) is 16.9 Å². The maximum atomic E-state index is 10.8. The van der Waals surface area contributed by atoms with Crippen LogP contribution >= 0.6 is 0 Å². The maximum absolute atomic E-state index is 10.8. The van der Waals surface area contributed by atoms with Crippen LogP contribution in [0.3, 0.4) is 0 Å². The Morgan fingerprint density at radius 3 is 2.83 bits per heavy atom. The molecular formula is C14H19NO3. The molecule has 4 nitrogen and oxygen atoms in total. The number of ether oxygens (including phenoxy) is 1. The van der Waals surface area contributed by atoms with Crippen LogP contribution in [0.15, 0.2) is 30.9 Å². The Balaban J connectivity index is 2.87. The SMILES string of the molecule is C=CCN(CC(=O)O)Cc1cc(C)ccc1OC. The molecule has 98 valence electrons. The van der Waals surface area contributed by atoms with Crippen molar-refractivity contribution >= 4 is 5.97 Å². The molecule has 0 unspecified atom stereocenters. The van der Waals surface area contributed by atoms with Gasteiger partial charge >= 0.3 is 5.97 Å². The van der Waals surface area contributed by atoms with Crippen molar-refractivity contribution in [2.75, 3.05) is 20.2 Å². The molecule has 0 amide bonds. The number of rotatable bonds is 7. The predicted octanol–water partition coefficient (Wildman–Crippen LogP) is 2.08. The van der Waals surface area contributed by atoms with Crippen LogP contribution in [0.4, 0.5) is 0 Å². The fraction of sp³-hybridized carbons (Fsp3) is 0.357. The maximum Gasteiger partial charge on any atom is 0.317 e. The number of carboxylic acid groups (broad SMARTS) is 1. The molecule has 0 bridgehead atoms. The van der Waals surface area contributed by atoms with Crippen LogP contribution in [0, 0.1) is 6.92 Å². The first-order valence-electron chi connectivity index (χ1n) is 5.75. The molecule has 4 heteroatoms. The van der Waals surface area contributed by atoms with E-state index < -0.39 is 5.97 Å². The fourth-order valence-corrected chi connectivity index (χ4v) is 1.83. The third-order valence-corrected chi connectivity index (χ3v) is 2.58. The van der Waals surface area contributed by atoms with Crippen LogP contribution in [0.2, 0.25) is 0 Å². The standard InChI is InChI=1S/C14H19NO3/c1-4-7-15(10-14(16)17)9-12-8-11(2)5-6-13(12)18-3/h4-6,8H,1,7,9-10H2,2-3H3,(H,16,17). The van der Waals surface area contributed by atoms with Gasteiger partial charge in [0.1, 0.15) is 5.75 Å². The Morgan fingerprint density at radius 1 is 1.56 bits per heavy atom. The van der Waals surface area contributed by atoms with E-state index in [1.165, 1.54) is 0 Å². The highest BCUT2D eigenvalue weighted by Gasteiger charge is 2.12. The predicted molar refractivity (Wildman–Crippen MR) is 70.8 cm³/mol. The topological polar surface area (TPSA) is 49.8 Å². The van der Waals surface area contributed by atoms with Gasteiger partial charge in [0.05, 0.1) is 13.7 Å². The molecule has 0 saturated heterocycles. The molecule has 0 spiro atoms. The second kappa shape index (κ2) is 6.81. The first kappa shape index (κ1) is 14.3. The third-order valence-electron chi connectivity index (χ3n) is 2.58. The van der Waals surface area contributed by atoms with Gasteiger partial charge < -0.3 is 9.84 Å². The molecule has 1 N–H and O–H groups in total. The number of carbonyl (C=O) groups is 1. The van der Waals surface area contributed by atoms with E-state index in [1.807, 2.05) is 25.1 Å². The number of carboxylic acids is 1. The Morgan fingerprint density at radius 2 is 2.28 bits per heavy atom. The number of benzene rings is 1. The molecule has 0 radical (unpaired) electrons. The lowest BCUT2D eigenvalue weighted by Gasteiger charge is -2.20. The van der Waals surface area contributed by atoms with E-state index in [2.05, 4.69) is 6.58 Å². The zero-order chi connectivity index (χ0) is 13.5. The molecule has 18 heavy (non-hydrogen) atoms. The molecule has 0 aromatic heterocycles. The van der Waals surface area contributed by atoms with Gasteiger partial charge in [-0.3, -0.25) is 9.69 Å². The monoisotopic (exact) mass is 249 g/mol. The largest absolute Gasteiger partial charge is 0.496 e. The Labute approximate surface area is 107 Å². The second-order valence-corrected chi connectivity index (χ2v) is 4.17. The van der Waals surface area contributed by atoms with Crippen molar-refractivity contribution in [2.45, 2.75) is 13.5 Å². The summed E-state index contributed by atoms with van der Waals surface area (Å²) in [5, 5.41) is 8.86. The van der Waals surface area contributed by atoms with Crippen molar-refractivity contribution in [3.05, 3.63) is 42.0 Å². The highest BCUT2D eigenvalue weighted by molar-refractivity contribution is 5.69. The van der Waals surface area contributed by atoms with E-state index in [-0.39, 0.29) is 6.54 Å². The van der Waals surface area contributed by atoms with Gasteiger partial charge in [-0.1, -0.05) is 23.8 Å². The van der Waals surface area contributed by atoms with E-state index in [4.69, 9.17) is 9.84 Å². The number of aryl methyl sites for hydroxylation is 1. The summed E-state index contributed by atoms with van der Waals surface area (Å²) in [4.78, 5) is 12.6. The lowest BCUT2D eigenvalue weighted by Crippen LogP contribution is -2.29. The molecule has 1 aromatic carbocycles. The zero-order valence-corrected chi connectivity index (χ0v) is 10.8. The average Bonchev–Trinajstić information content (AvgIpc) is 2.28. The zero-order valence-electron chi connectivity index (χ0n) is 10.8. The number of hydrogen-bond donors (Lipinski definition) is 1. The number of aliphatic carboxylic acids is 1. The molecule has 0 aliphatic carbocycles. The molecule has 0 atom stereocenters. The minimum absolute atomic E-state index is 0.0108. The van der Waals surface area contributed by atoms with Crippen molar-refractivity contribution < 1.29 is 14.6 Å². The van der Waals surface area contributed by atoms with Gasteiger partial charge in [0.2, 0.25) is 0 Å². The second-order valence-electron chi connectivity index (χ2n) is 4.17. The van der Waals surface area contributed by atoms with Gasteiger partial charge in [-0.25, -0.2) is 0 Å². The molecule has 1 rings (SSSR count). The number of methoxy groups -OCH3 is 1. The Hall–Kier alpha value is -1.81. The van der Waals surface area contributed by atoms with Crippen LogP contribution in [-0.2, 0) is 11.3 Å². The summed E-state index contributed by atoms with van der Waals surface area (Å²) in [6.07, 6.45) is 1.70. The lowest BCUT2D eigenvalue weighted by molar-refractivity contribution is -0.138. The van der Waals surface area contributed by atoms with Crippen LogP contribution in [0.5, 0.6) is 5.75 Å². The van der Waals surface area contributed by atoms with E-state index >= 15 is 0 Å². The Kier molecular flexibility index (Phi) is 5.39. The smallest absolute Gasteiger partial charge is 0.317 e. The summed E-state index contributed by atoms with van der Waals surface area (Å²) in [6.45, 7) is 6.69. The first-order chi connectivity index (χ1) is 8.56. The molecule has 0 heterocycles. The van der Waals surface area contributed by atoms with Crippen LogP contribution < -0.4 is 4.74 Å². The summed E-state index contributed by atoms with van der Waals surface area (Å²) in [5.41, 5.74) is 2.11. The molecule has 0 saturated carbocycles. The number of nitrogens with zero attached hydrogens (tertiary/aromatic N) is 1. The number of hydrogen-bond acceptors (Lipinski definition) is 3. The van der Waals surface area contributed by atoms with Crippen molar-refractivity contribution in [3.8, 4) is 5.75 Å².